The van der Waals surface area contributed by atoms with E-state index in [2.05, 4.69) is 10.6 Å². The Hall–Kier alpha value is -3.07. The molecule has 0 radical (unpaired) electrons. The summed E-state index contributed by atoms with van der Waals surface area (Å²) in [6.07, 6.45) is -1.64. The number of halogens is 4. The number of fused-ring (bicyclic) bond motifs is 2. The molecule has 0 bridgehead atoms. The molecule has 2 aliphatic heterocycles. The Labute approximate surface area is 223 Å². The molecule has 3 aliphatic rings. The molecular formula is C29H26ClF3N2O3. The van der Waals surface area contributed by atoms with Crippen molar-refractivity contribution < 1.29 is 27.8 Å². The van der Waals surface area contributed by atoms with Gasteiger partial charge >= 0.3 is 0 Å². The number of hydrogen-bond donors (Lipinski definition) is 3. The molecule has 3 aromatic rings. The standard InChI is InChI=1S/C29H26ClF3N2O3/c1-34-28(37)17-10-16-15(11-20(32)27(16)36)26(33)24(17)23-18-13-29(22-8-5-9-35-22,14-6-3-2-4-7-14)38-21(18)12-19(31)25(23)30/h2-4,6-7,10,12,20,22,27,35-36H,5,8-9,11,13H2,1H3,(H,34,37)/t20-,22+,27-,29+/m1/s1. The third-order valence-electron chi connectivity index (χ3n) is 8.09. The number of nitrogens with one attached hydrogen (secondary N) is 2. The van der Waals surface area contributed by atoms with Crippen LogP contribution in [0.2, 0.25) is 5.02 Å². The summed E-state index contributed by atoms with van der Waals surface area (Å²) in [5.74, 6) is -2.18. The van der Waals surface area contributed by atoms with Crippen LogP contribution in [0.3, 0.4) is 0 Å². The number of carbonyl (C=O) groups excluding carboxylic acids is 1. The second-order valence-corrected chi connectivity index (χ2v) is 10.5. The molecule has 3 N–H and O–H groups in total. The van der Waals surface area contributed by atoms with E-state index in [4.69, 9.17) is 16.3 Å². The van der Waals surface area contributed by atoms with Gasteiger partial charge in [-0.15, -0.1) is 0 Å². The first-order valence-electron chi connectivity index (χ1n) is 12.7. The summed E-state index contributed by atoms with van der Waals surface area (Å²) in [5, 5.41) is 15.9. The van der Waals surface area contributed by atoms with Crippen molar-refractivity contribution in [1.82, 2.24) is 10.6 Å². The van der Waals surface area contributed by atoms with Crippen LogP contribution in [0.4, 0.5) is 13.2 Å². The van der Waals surface area contributed by atoms with Crippen molar-refractivity contribution in [2.24, 2.45) is 0 Å². The van der Waals surface area contributed by atoms with E-state index in [0.717, 1.165) is 24.9 Å². The van der Waals surface area contributed by atoms with Crippen molar-refractivity contribution >= 4 is 17.5 Å². The van der Waals surface area contributed by atoms with Crippen molar-refractivity contribution in [3.8, 4) is 16.9 Å². The van der Waals surface area contributed by atoms with Crippen LogP contribution >= 0.6 is 11.6 Å². The number of benzene rings is 3. The molecule has 0 aromatic heterocycles. The number of hydrogen-bond acceptors (Lipinski definition) is 4. The van der Waals surface area contributed by atoms with Crippen molar-refractivity contribution in [2.45, 2.75) is 49.6 Å². The Bertz CT molecular complexity index is 1450. The summed E-state index contributed by atoms with van der Waals surface area (Å²) in [5.41, 5.74) is 0.00900. The average Bonchev–Trinajstić information content (AvgIpc) is 3.65. The number of alkyl halides is 1. The van der Waals surface area contributed by atoms with Gasteiger partial charge in [-0.2, -0.15) is 0 Å². The minimum Gasteiger partial charge on any atom is -0.480 e. The van der Waals surface area contributed by atoms with Gasteiger partial charge in [0.25, 0.3) is 5.91 Å². The second-order valence-electron chi connectivity index (χ2n) is 10.1. The summed E-state index contributed by atoms with van der Waals surface area (Å²) < 4.78 is 52.6. The number of rotatable bonds is 4. The molecule has 1 fully saturated rings. The molecule has 5 nitrogen and oxygen atoms in total. The van der Waals surface area contributed by atoms with Crippen LogP contribution in [0.25, 0.3) is 11.1 Å². The van der Waals surface area contributed by atoms with E-state index in [0.29, 0.717) is 5.56 Å². The Morgan fingerprint density at radius 1 is 1.18 bits per heavy atom. The van der Waals surface area contributed by atoms with Gasteiger partial charge in [0.05, 0.1) is 16.6 Å². The molecule has 4 atom stereocenters. The molecule has 38 heavy (non-hydrogen) atoms. The van der Waals surface area contributed by atoms with Crippen molar-refractivity contribution in [1.29, 1.82) is 0 Å². The van der Waals surface area contributed by atoms with Crippen LogP contribution in [-0.4, -0.2) is 36.8 Å². The zero-order valence-electron chi connectivity index (χ0n) is 20.6. The van der Waals surface area contributed by atoms with Gasteiger partial charge in [0.15, 0.2) is 5.60 Å². The van der Waals surface area contributed by atoms with Gasteiger partial charge in [0, 0.05) is 42.6 Å². The molecule has 9 heteroatoms. The topological polar surface area (TPSA) is 70.6 Å². The molecule has 1 aliphatic carbocycles. The molecular weight excluding hydrogens is 517 g/mol. The molecule has 1 saturated heterocycles. The van der Waals surface area contributed by atoms with E-state index in [1.807, 2.05) is 30.3 Å². The summed E-state index contributed by atoms with van der Waals surface area (Å²) in [6.45, 7) is 0.800. The third kappa shape index (κ3) is 3.65. The molecule has 1 amide bonds. The smallest absolute Gasteiger partial charge is 0.251 e. The molecule has 3 aromatic carbocycles. The van der Waals surface area contributed by atoms with Crippen LogP contribution in [0.1, 0.15) is 51.6 Å². The van der Waals surface area contributed by atoms with E-state index in [9.17, 15) is 14.3 Å². The number of amides is 1. The van der Waals surface area contributed by atoms with Crippen LogP contribution in [0.5, 0.6) is 5.75 Å². The van der Waals surface area contributed by atoms with Gasteiger partial charge in [-0.25, -0.2) is 13.2 Å². The minimum absolute atomic E-state index is 0.00607. The summed E-state index contributed by atoms with van der Waals surface area (Å²) >= 11 is 6.54. The van der Waals surface area contributed by atoms with Crippen LogP contribution in [0, 0.1) is 11.6 Å². The third-order valence-corrected chi connectivity index (χ3v) is 8.46. The highest BCUT2D eigenvalue weighted by molar-refractivity contribution is 6.34. The summed E-state index contributed by atoms with van der Waals surface area (Å²) in [4.78, 5) is 13.0. The van der Waals surface area contributed by atoms with E-state index in [1.54, 1.807) is 0 Å². The monoisotopic (exact) mass is 542 g/mol. The lowest BCUT2D eigenvalue weighted by molar-refractivity contribution is 0.0539. The maximum atomic E-state index is 16.3. The molecule has 198 valence electrons. The lowest BCUT2D eigenvalue weighted by atomic mass is 9.80. The lowest BCUT2D eigenvalue weighted by Crippen LogP contribution is -2.48. The fraction of sp³-hybridized carbons (Fsp3) is 0.345. The summed E-state index contributed by atoms with van der Waals surface area (Å²) in [6, 6.07) is 12.0. The maximum Gasteiger partial charge on any atom is 0.251 e. The number of carbonyl (C=O) groups is 1. The minimum atomic E-state index is -1.72. The van der Waals surface area contributed by atoms with Gasteiger partial charge in [0.1, 0.15) is 29.7 Å². The Morgan fingerprint density at radius 3 is 2.63 bits per heavy atom. The predicted molar refractivity (Wildman–Crippen MR) is 137 cm³/mol. The molecule has 0 spiro atoms. The SMILES string of the molecule is CNC(=O)c1cc2c(c(F)c1-c1c(Cl)c(F)cc3c1C[C@](c1ccccc1)([C@@H]1CCCN1)O3)C[C@@H](F)[C@@H]2O. The highest BCUT2D eigenvalue weighted by atomic mass is 35.5. The zero-order valence-corrected chi connectivity index (χ0v) is 21.3. The summed E-state index contributed by atoms with van der Waals surface area (Å²) in [7, 11) is 1.37. The molecule has 2 heterocycles. The number of aliphatic hydroxyl groups is 1. The van der Waals surface area contributed by atoms with Crippen molar-refractivity contribution in [3.05, 3.63) is 86.9 Å². The van der Waals surface area contributed by atoms with Gasteiger partial charge in [-0.1, -0.05) is 41.9 Å². The van der Waals surface area contributed by atoms with Crippen molar-refractivity contribution in [3.63, 3.8) is 0 Å². The van der Waals surface area contributed by atoms with E-state index in [-0.39, 0.29) is 57.5 Å². The van der Waals surface area contributed by atoms with Gasteiger partial charge in [-0.05, 0) is 42.1 Å². The molecule has 0 saturated carbocycles. The van der Waals surface area contributed by atoms with Crippen LogP contribution in [-0.2, 0) is 18.4 Å². The number of ether oxygens (including phenoxy) is 1. The van der Waals surface area contributed by atoms with Gasteiger partial charge < -0.3 is 20.5 Å². The first-order chi connectivity index (χ1) is 18.3. The zero-order chi connectivity index (χ0) is 26.8. The quantitative estimate of drug-likeness (QED) is 0.426. The van der Waals surface area contributed by atoms with Crippen molar-refractivity contribution in [2.75, 3.05) is 13.6 Å². The van der Waals surface area contributed by atoms with Crippen LogP contribution in [0.15, 0.2) is 42.5 Å². The van der Waals surface area contributed by atoms with Gasteiger partial charge in [0.2, 0.25) is 0 Å². The maximum absolute atomic E-state index is 16.3. The number of aliphatic hydroxyl groups excluding tert-OH is 1. The normalized spacial score (nSPS) is 25.7. The highest BCUT2D eigenvalue weighted by Gasteiger charge is 2.50. The highest BCUT2D eigenvalue weighted by Crippen LogP contribution is 2.53. The fourth-order valence-corrected chi connectivity index (χ4v) is 6.53. The predicted octanol–water partition coefficient (Wildman–Crippen LogP) is 5.15. The molecule has 6 rings (SSSR count). The Balaban J connectivity index is 1.61. The van der Waals surface area contributed by atoms with Crippen LogP contribution < -0.4 is 15.4 Å². The second kappa shape index (κ2) is 9.29. The van der Waals surface area contributed by atoms with E-state index < -0.39 is 35.4 Å². The fourth-order valence-electron chi connectivity index (χ4n) is 6.26. The molecule has 0 unspecified atom stereocenters. The average molecular weight is 543 g/mol. The first-order valence-corrected chi connectivity index (χ1v) is 13.0. The Kier molecular flexibility index (Phi) is 6.17. The van der Waals surface area contributed by atoms with Gasteiger partial charge in [-0.3, -0.25) is 4.79 Å². The van der Waals surface area contributed by atoms with E-state index >= 15 is 8.78 Å². The van der Waals surface area contributed by atoms with E-state index in [1.165, 1.54) is 19.2 Å². The lowest BCUT2D eigenvalue weighted by Gasteiger charge is -2.35. The largest absolute Gasteiger partial charge is 0.480 e. The first kappa shape index (κ1) is 25.2. The Morgan fingerprint density at radius 2 is 1.95 bits per heavy atom.